The zero-order chi connectivity index (χ0) is 19.1. The van der Waals surface area contributed by atoms with Crippen LogP contribution in [-0.2, 0) is 13.6 Å². The molecule has 1 saturated heterocycles. The van der Waals surface area contributed by atoms with E-state index >= 15 is 0 Å². The molecule has 14 nitrogen and oxygen atoms in total. The fourth-order valence-electron chi connectivity index (χ4n) is 2.45. The molecule has 144 valence electrons. The van der Waals surface area contributed by atoms with Crippen LogP contribution in [0.3, 0.4) is 0 Å². The molecule has 1 aliphatic heterocycles. The van der Waals surface area contributed by atoms with Crippen LogP contribution in [0.15, 0.2) is 12.7 Å². The van der Waals surface area contributed by atoms with Crippen molar-refractivity contribution in [1.82, 2.24) is 19.5 Å². The van der Waals surface area contributed by atoms with Crippen molar-refractivity contribution in [3.05, 3.63) is 12.7 Å². The van der Waals surface area contributed by atoms with Crippen molar-refractivity contribution >= 4 is 33.3 Å². The van der Waals surface area contributed by atoms with Gasteiger partial charge in [-0.05, 0) is 0 Å². The highest BCUT2D eigenvalue weighted by molar-refractivity contribution is 7.67. The van der Waals surface area contributed by atoms with Crippen molar-refractivity contribution in [2.45, 2.75) is 24.9 Å². The second kappa shape index (κ2) is 7.11. The van der Waals surface area contributed by atoms with Gasteiger partial charge in [0.05, 0.1) is 16.7 Å². The van der Waals surface area contributed by atoms with E-state index in [4.69, 9.17) is 25.2 Å². The number of nitrogens with two attached hydrogens (primary N) is 1. The molecular formula is C10H17N5O9P2+2. The SMILES string of the molecule is Nc1ncnc2c1ncn2[C@H]1C[C@H](O)[C@@H](CO[P+](O)(O)O[P+](O)(O)O)O1. The van der Waals surface area contributed by atoms with Gasteiger partial charge in [0.15, 0.2) is 11.5 Å². The number of nitrogen functional groups attached to an aromatic ring is 1. The predicted octanol–water partition coefficient (Wildman–Crippen LogP) is -1.59. The van der Waals surface area contributed by atoms with Crippen molar-refractivity contribution in [2.75, 3.05) is 12.3 Å². The van der Waals surface area contributed by atoms with Gasteiger partial charge in [-0.1, -0.05) is 0 Å². The van der Waals surface area contributed by atoms with Crippen LogP contribution in [0.1, 0.15) is 12.6 Å². The molecule has 0 spiro atoms. The van der Waals surface area contributed by atoms with Crippen molar-refractivity contribution in [2.24, 2.45) is 0 Å². The number of aliphatic hydroxyl groups excluding tert-OH is 1. The Labute approximate surface area is 146 Å². The van der Waals surface area contributed by atoms with Gasteiger partial charge in [0.25, 0.3) is 0 Å². The molecule has 1 fully saturated rings. The third-order valence-electron chi connectivity index (χ3n) is 3.52. The van der Waals surface area contributed by atoms with Gasteiger partial charge >= 0.3 is 16.3 Å². The highest BCUT2D eigenvalue weighted by atomic mass is 31.3. The van der Waals surface area contributed by atoms with E-state index in [1.807, 2.05) is 0 Å². The number of imidazole rings is 1. The van der Waals surface area contributed by atoms with Crippen molar-refractivity contribution in [3.8, 4) is 0 Å². The standard InChI is InChI=1S/C10H17N5O9P2/c11-9-8-10(13-3-12-9)15(4-14-8)7-1-5(16)6(23-7)2-22-26(20,21)24-25(17,18)19/h3-7,16-21H,1-2H2,(H2,11,12,13)/q+2/t5-,6+,7+/m0/s1. The number of fused-ring (bicyclic) bond motifs is 1. The molecule has 3 heterocycles. The molecule has 3 atom stereocenters. The van der Waals surface area contributed by atoms with Gasteiger partial charge in [-0.3, -0.25) is 4.57 Å². The largest absolute Gasteiger partial charge is 0.620 e. The van der Waals surface area contributed by atoms with Crippen molar-refractivity contribution in [3.63, 3.8) is 0 Å². The molecule has 0 aliphatic carbocycles. The molecule has 2 aromatic heterocycles. The van der Waals surface area contributed by atoms with E-state index in [-0.39, 0.29) is 12.2 Å². The van der Waals surface area contributed by atoms with Crippen molar-refractivity contribution < 1.29 is 43.1 Å². The number of hydrogen-bond donors (Lipinski definition) is 7. The van der Waals surface area contributed by atoms with Gasteiger partial charge in [0, 0.05) is 6.42 Å². The Bertz CT molecular complexity index is 784. The third-order valence-corrected chi connectivity index (χ3v) is 5.74. The Kier molecular flexibility index (Phi) is 5.36. The van der Waals surface area contributed by atoms with Gasteiger partial charge in [-0.15, -0.1) is 4.52 Å². The minimum Gasteiger partial charge on any atom is -0.390 e. The number of hydrogen-bond acceptors (Lipinski definition) is 13. The summed E-state index contributed by atoms with van der Waals surface area (Å²) in [6.07, 6.45) is 0.0459. The van der Waals surface area contributed by atoms with Crippen LogP contribution in [0.25, 0.3) is 11.2 Å². The van der Waals surface area contributed by atoms with E-state index in [9.17, 15) is 14.9 Å². The lowest BCUT2D eigenvalue weighted by molar-refractivity contribution is -0.0452. The first kappa shape index (κ1) is 19.6. The highest BCUT2D eigenvalue weighted by Crippen LogP contribution is 2.67. The fourth-order valence-corrected chi connectivity index (χ4v) is 4.12. The topological polar surface area (TPSA) is 219 Å². The summed E-state index contributed by atoms with van der Waals surface area (Å²) in [5.74, 6) is 0.184. The Morgan fingerprint density at radius 3 is 2.65 bits per heavy atom. The second-order valence-corrected chi connectivity index (χ2v) is 8.32. The summed E-state index contributed by atoms with van der Waals surface area (Å²) in [6, 6.07) is 0. The summed E-state index contributed by atoms with van der Waals surface area (Å²) in [5.41, 5.74) is 6.46. The monoisotopic (exact) mass is 413 g/mol. The van der Waals surface area contributed by atoms with E-state index < -0.39 is 41.4 Å². The first-order valence-electron chi connectivity index (χ1n) is 7.10. The number of aromatic nitrogens is 4. The molecule has 0 unspecified atom stereocenters. The maximum Gasteiger partial charge on any atom is 0.620 e. The Hall–Kier alpha value is -1.15. The molecule has 0 aromatic carbocycles. The van der Waals surface area contributed by atoms with E-state index in [1.165, 1.54) is 17.2 Å². The van der Waals surface area contributed by atoms with E-state index in [2.05, 4.69) is 23.8 Å². The number of nitrogens with zero attached hydrogens (tertiary/aromatic N) is 4. The summed E-state index contributed by atoms with van der Waals surface area (Å²) in [5, 5.41) is 10.1. The average molecular weight is 413 g/mol. The lowest BCUT2D eigenvalue weighted by atomic mass is 10.2. The lowest BCUT2D eigenvalue weighted by Crippen LogP contribution is -2.26. The summed E-state index contributed by atoms with van der Waals surface area (Å²) in [4.78, 5) is 56.9. The Balaban J connectivity index is 1.67. The first-order chi connectivity index (χ1) is 12.1. The van der Waals surface area contributed by atoms with Crippen LogP contribution < -0.4 is 5.73 Å². The van der Waals surface area contributed by atoms with Crippen LogP contribution in [0.2, 0.25) is 0 Å². The molecule has 8 N–H and O–H groups in total. The minimum atomic E-state index is -4.91. The summed E-state index contributed by atoms with van der Waals surface area (Å²) >= 11 is 0. The van der Waals surface area contributed by atoms with E-state index in [0.717, 1.165) is 0 Å². The minimum absolute atomic E-state index is 0.115. The van der Waals surface area contributed by atoms with Crippen LogP contribution in [-0.4, -0.2) is 67.9 Å². The van der Waals surface area contributed by atoms with E-state index in [1.54, 1.807) is 0 Å². The molecule has 0 saturated carbocycles. The van der Waals surface area contributed by atoms with Crippen LogP contribution >= 0.6 is 16.3 Å². The van der Waals surface area contributed by atoms with Gasteiger partial charge in [0.1, 0.15) is 30.8 Å². The molecule has 3 rings (SSSR count). The summed E-state index contributed by atoms with van der Waals surface area (Å²) in [7, 11) is -9.63. The van der Waals surface area contributed by atoms with Gasteiger partial charge < -0.3 is 15.6 Å². The van der Waals surface area contributed by atoms with Gasteiger partial charge in [0.2, 0.25) is 0 Å². The maximum atomic E-state index is 10.1. The fraction of sp³-hybridized carbons (Fsp3) is 0.500. The molecule has 0 amide bonds. The van der Waals surface area contributed by atoms with Crippen LogP contribution in [0, 0.1) is 0 Å². The van der Waals surface area contributed by atoms with Crippen LogP contribution in [0.4, 0.5) is 5.82 Å². The molecule has 16 heteroatoms. The average Bonchev–Trinajstić information content (AvgIpc) is 3.07. The van der Waals surface area contributed by atoms with Gasteiger partial charge in [-0.2, -0.15) is 24.5 Å². The smallest absolute Gasteiger partial charge is 0.390 e. The van der Waals surface area contributed by atoms with E-state index in [0.29, 0.717) is 11.2 Å². The molecular weight excluding hydrogens is 396 g/mol. The van der Waals surface area contributed by atoms with Crippen LogP contribution in [0.5, 0.6) is 0 Å². The molecule has 26 heavy (non-hydrogen) atoms. The zero-order valence-electron chi connectivity index (χ0n) is 13.0. The molecule has 2 aromatic rings. The van der Waals surface area contributed by atoms with Crippen molar-refractivity contribution in [1.29, 1.82) is 0 Å². The molecule has 1 aliphatic rings. The molecule has 0 radical (unpaired) electrons. The first-order valence-corrected chi connectivity index (χ1v) is 10.2. The predicted molar refractivity (Wildman–Crippen MR) is 86.2 cm³/mol. The normalized spacial score (nSPS) is 24.5. The zero-order valence-corrected chi connectivity index (χ0v) is 14.8. The van der Waals surface area contributed by atoms with Gasteiger partial charge in [-0.25, -0.2) is 15.0 Å². The Morgan fingerprint density at radius 1 is 1.23 bits per heavy atom. The lowest BCUT2D eigenvalue weighted by Gasteiger charge is -2.15. The second-order valence-electron chi connectivity index (χ2n) is 5.40. The number of rotatable bonds is 6. The summed E-state index contributed by atoms with van der Waals surface area (Å²) < 4.78 is 15.6. The number of aliphatic hydroxyl groups is 1. The number of anilines is 1. The highest BCUT2D eigenvalue weighted by Gasteiger charge is 2.58. The maximum absolute atomic E-state index is 10.1. The molecule has 0 bridgehead atoms. The quantitative estimate of drug-likeness (QED) is 0.266. The summed E-state index contributed by atoms with van der Waals surface area (Å²) in [6.45, 7) is -0.553. The third kappa shape index (κ3) is 4.39. The number of ether oxygens (including phenoxy) is 1. The Morgan fingerprint density at radius 2 is 1.96 bits per heavy atom.